The zero-order chi connectivity index (χ0) is 26.5. The van der Waals surface area contributed by atoms with E-state index >= 15 is 0 Å². The van der Waals surface area contributed by atoms with E-state index in [1.54, 1.807) is 16.7 Å². The number of rotatable bonds is 3. The van der Waals surface area contributed by atoms with Crippen molar-refractivity contribution in [2.75, 3.05) is 0 Å². The molecule has 0 saturated heterocycles. The van der Waals surface area contributed by atoms with Gasteiger partial charge in [0.2, 0.25) is 0 Å². The maximum atomic E-state index is 2.55. The summed E-state index contributed by atoms with van der Waals surface area (Å²) < 4.78 is 0. The van der Waals surface area contributed by atoms with E-state index in [-0.39, 0.29) is 0 Å². The lowest BCUT2D eigenvalue weighted by Crippen LogP contribution is -2.20. The quantitative estimate of drug-likeness (QED) is 0.347. The molecule has 8 rings (SSSR count). The molecule has 40 heavy (non-hydrogen) atoms. The topological polar surface area (TPSA) is 0 Å². The van der Waals surface area contributed by atoms with Crippen molar-refractivity contribution >= 4 is 0 Å². The molecule has 0 spiro atoms. The second-order valence-corrected chi connectivity index (χ2v) is 12.9. The van der Waals surface area contributed by atoms with E-state index in [9.17, 15) is 0 Å². The standard InChI is InChI=1S/C40H40/c1-2-9-28-22-31(17-16-27(28)8-1)33-21-20-32-23-30(18-19-34(32)24-33)29-11-7-12-35(25-29)40-26-36-10-3-4-13-37(36)38-14-5-6-15-39(38)40/h2-4,9-11,14-15,17-18,20-23,25-27,33-34,37H,1,5-8,12-13,16,19,24H2. The molecular weight excluding hydrogens is 480 g/mol. The zero-order valence-corrected chi connectivity index (χ0v) is 23.6. The number of hydrogen-bond donors (Lipinski definition) is 0. The molecule has 0 bridgehead atoms. The van der Waals surface area contributed by atoms with Gasteiger partial charge < -0.3 is 0 Å². The Morgan fingerprint density at radius 1 is 0.600 bits per heavy atom. The Morgan fingerprint density at radius 3 is 2.50 bits per heavy atom. The fourth-order valence-corrected chi connectivity index (χ4v) is 8.28. The highest BCUT2D eigenvalue weighted by Crippen LogP contribution is 2.47. The summed E-state index contributed by atoms with van der Waals surface area (Å²) in [6.45, 7) is 0. The zero-order valence-electron chi connectivity index (χ0n) is 23.6. The van der Waals surface area contributed by atoms with E-state index in [0.717, 1.165) is 31.6 Å². The number of fused-ring (bicyclic) bond motifs is 5. The molecule has 0 nitrogen and oxygen atoms in total. The van der Waals surface area contributed by atoms with Crippen LogP contribution in [0.25, 0.3) is 0 Å². The molecule has 4 unspecified atom stereocenters. The Kier molecular flexibility index (Phi) is 6.24. The number of hydrogen-bond acceptors (Lipinski definition) is 0. The summed E-state index contributed by atoms with van der Waals surface area (Å²) in [7, 11) is 0. The van der Waals surface area contributed by atoms with Crippen molar-refractivity contribution in [3.63, 3.8) is 0 Å². The van der Waals surface area contributed by atoms with Gasteiger partial charge in [0.05, 0.1) is 0 Å². The molecular formula is C40H40. The molecule has 8 aliphatic carbocycles. The third kappa shape index (κ3) is 4.37. The molecule has 0 aromatic heterocycles. The molecule has 0 heteroatoms. The van der Waals surface area contributed by atoms with E-state index in [4.69, 9.17) is 0 Å². The van der Waals surface area contributed by atoms with Gasteiger partial charge in [0.1, 0.15) is 0 Å². The van der Waals surface area contributed by atoms with Crippen LogP contribution < -0.4 is 0 Å². The van der Waals surface area contributed by atoms with E-state index < -0.39 is 0 Å². The van der Waals surface area contributed by atoms with Crippen LogP contribution in [0, 0.1) is 23.7 Å². The molecule has 0 aliphatic heterocycles. The van der Waals surface area contributed by atoms with Crippen molar-refractivity contribution in [1.82, 2.24) is 0 Å². The number of allylic oxidation sites excluding steroid dienone is 26. The average Bonchev–Trinajstić information content (AvgIpc) is 3.03. The lowest BCUT2D eigenvalue weighted by atomic mass is 9.69. The Balaban J connectivity index is 1.04. The molecule has 8 aliphatic rings. The first-order valence-electron chi connectivity index (χ1n) is 15.9. The SMILES string of the molecule is C1=CCC2C(=C1)C=C(C1=CC(C3=CCC4CC(C5=CCC6CCC=CC6=C5)C=CC4=C3)=CCC1)C1=CCCC=C12. The van der Waals surface area contributed by atoms with Gasteiger partial charge in [0.25, 0.3) is 0 Å². The van der Waals surface area contributed by atoms with Gasteiger partial charge in [-0.15, -0.1) is 0 Å². The van der Waals surface area contributed by atoms with Crippen molar-refractivity contribution in [1.29, 1.82) is 0 Å². The summed E-state index contributed by atoms with van der Waals surface area (Å²) in [6.07, 6.45) is 51.3. The molecule has 200 valence electrons. The minimum absolute atomic E-state index is 0.560. The van der Waals surface area contributed by atoms with Crippen LogP contribution in [-0.4, -0.2) is 0 Å². The summed E-state index contributed by atoms with van der Waals surface area (Å²) in [6, 6.07) is 0. The van der Waals surface area contributed by atoms with Crippen LogP contribution in [0.15, 0.2) is 153 Å². The first kappa shape index (κ1) is 24.4. The van der Waals surface area contributed by atoms with Crippen LogP contribution in [0.2, 0.25) is 0 Å². The average molecular weight is 521 g/mol. The van der Waals surface area contributed by atoms with Crippen molar-refractivity contribution in [3.05, 3.63) is 153 Å². The van der Waals surface area contributed by atoms with Crippen LogP contribution in [0.3, 0.4) is 0 Å². The van der Waals surface area contributed by atoms with Crippen LogP contribution in [0.4, 0.5) is 0 Å². The van der Waals surface area contributed by atoms with Gasteiger partial charge in [-0.3, -0.25) is 0 Å². The van der Waals surface area contributed by atoms with Crippen molar-refractivity contribution in [2.24, 2.45) is 23.7 Å². The van der Waals surface area contributed by atoms with Gasteiger partial charge in [-0.1, -0.05) is 97.2 Å². The fourth-order valence-electron chi connectivity index (χ4n) is 8.28. The summed E-state index contributed by atoms with van der Waals surface area (Å²) in [5.74, 6) is 2.54. The largest absolute Gasteiger partial charge is 0.0842 e. The third-order valence-corrected chi connectivity index (χ3v) is 10.5. The first-order valence-corrected chi connectivity index (χ1v) is 15.9. The third-order valence-electron chi connectivity index (χ3n) is 10.5. The Hall–Kier alpha value is -3.38. The lowest BCUT2D eigenvalue weighted by Gasteiger charge is -2.35. The minimum atomic E-state index is 0.560. The molecule has 0 aromatic rings. The molecule has 4 atom stereocenters. The molecule has 0 aromatic carbocycles. The highest BCUT2D eigenvalue weighted by atomic mass is 14.4. The lowest BCUT2D eigenvalue weighted by molar-refractivity contribution is 0.488. The van der Waals surface area contributed by atoms with Crippen LogP contribution in [0.1, 0.15) is 64.2 Å². The van der Waals surface area contributed by atoms with Crippen LogP contribution in [-0.2, 0) is 0 Å². The summed E-state index contributed by atoms with van der Waals surface area (Å²) in [5, 5.41) is 0. The molecule has 0 fully saturated rings. The van der Waals surface area contributed by atoms with E-state index in [0.29, 0.717) is 17.8 Å². The predicted molar refractivity (Wildman–Crippen MR) is 168 cm³/mol. The van der Waals surface area contributed by atoms with E-state index in [1.165, 1.54) is 77.5 Å². The first-order chi connectivity index (χ1) is 19.8. The molecule has 0 heterocycles. The van der Waals surface area contributed by atoms with Gasteiger partial charge in [0.15, 0.2) is 0 Å². The highest BCUT2D eigenvalue weighted by Gasteiger charge is 2.32. The smallest absolute Gasteiger partial charge is 0.0127 e. The molecule has 0 saturated carbocycles. The Labute approximate surface area is 240 Å². The Bertz CT molecular complexity index is 1540. The van der Waals surface area contributed by atoms with Crippen molar-refractivity contribution in [3.8, 4) is 0 Å². The van der Waals surface area contributed by atoms with Gasteiger partial charge in [-0.2, -0.15) is 0 Å². The molecule has 0 N–H and O–H groups in total. The van der Waals surface area contributed by atoms with Crippen LogP contribution in [0.5, 0.6) is 0 Å². The van der Waals surface area contributed by atoms with E-state index in [2.05, 4.69) is 97.2 Å². The molecule has 0 amide bonds. The summed E-state index contributed by atoms with van der Waals surface area (Å²) in [4.78, 5) is 0. The van der Waals surface area contributed by atoms with Gasteiger partial charge in [-0.25, -0.2) is 0 Å². The summed E-state index contributed by atoms with van der Waals surface area (Å²) >= 11 is 0. The fraction of sp³-hybridized carbons (Fsp3) is 0.350. The summed E-state index contributed by atoms with van der Waals surface area (Å²) in [5.41, 5.74) is 15.2. The predicted octanol–water partition coefficient (Wildman–Crippen LogP) is 10.4. The maximum absolute atomic E-state index is 2.55. The van der Waals surface area contributed by atoms with Gasteiger partial charge in [0, 0.05) is 11.8 Å². The second-order valence-electron chi connectivity index (χ2n) is 12.9. The highest BCUT2D eigenvalue weighted by molar-refractivity contribution is 5.68. The Morgan fingerprint density at radius 2 is 1.50 bits per heavy atom. The normalized spacial score (nSPS) is 32.2. The monoisotopic (exact) mass is 520 g/mol. The second kappa shape index (κ2) is 10.2. The van der Waals surface area contributed by atoms with Crippen molar-refractivity contribution in [2.45, 2.75) is 64.2 Å². The van der Waals surface area contributed by atoms with E-state index in [1.807, 2.05) is 0 Å². The van der Waals surface area contributed by atoms with Gasteiger partial charge >= 0.3 is 0 Å². The van der Waals surface area contributed by atoms with Gasteiger partial charge in [-0.05, 0) is 132 Å². The van der Waals surface area contributed by atoms with Crippen molar-refractivity contribution < 1.29 is 0 Å². The molecule has 0 radical (unpaired) electrons. The van der Waals surface area contributed by atoms with Crippen LogP contribution >= 0.6 is 0 Å². The minimum Gasteiger partial charge on any atom is -0.0842 e. The maximum Gasteiger partial charge on any atom is 0.0127 e.